The molecular weight excluding hydrogens is 237 g/mol. The van der Waals surface area contributed by atoms with E-state index in [1.165, 1.54) is 0 Å². The maximum Gasteiger partial charge on any atom is 0.140 e. The van der Waals surface area contributed by atoms with Crippen molar-refractivity contribution in [2.24, 2.45) is 5.90 Å². The first kappa shape index (κ1) is 10.6. The number of halogens is 2. The highest BCUT2D eigenvalue weighted by Gasteiger charge is 2.06. The lowest BCUT2D eigenvalue weighted by Crippen LogP contribution is -2.05. The van der Waals surface area contributed by atoms with Crippen molar-refractivity contribution < 1.29 is 9.23 Å². The zero-order valence-corrected chi connectivity index (χ0v) is 8.90. The molecule has 0 heterocycles. The molecular formula is C9H11BrFNO. The molecule has 72 valence electrons. The van der Waals surface area contributed by atoms with Crippen LogP contribution >= 0.6 is 15.9 Å². The van der Waals surface area contributed by atoms with Crippen molar-refractivity contribution in [3.63, 3.8) is 0 Å². The van der Waals surface area contributed by atoms with Crippen molar-refractivity contribution in [3.8, 4) is 0 Å². The Morgan fingerprint density at radius 1 is 1.54 bits per heavy atom. The van der Waals surface area contributed by atoms with Crippen molar-refractivity contribution in [2.75, 3.05) is 6.61 Å². The molecule has 0 amide bonds. The maximum absolute atomic E-state index is 13.4. The van der Waals surface area contributed by atoms with Crippen molar-refractivity contribution in [3.05, 3.63) is 33.5 Å². The van der Waals surface area contributed by atoms with Crippen molar-refractivity contribution in [1.29, 1.82) is 0 Å². The quantitative estimate of drug-likeness (QED) is 0.833. The summed E-state index contributed by atoms with van der Waals surface area (Å²) in [4.78, 5) is 4.40. The van der Waals surface area contributed by atoms with Gasteiger partial charge in [0.15, 0.2) is 0 Å². The van der Waals surface area contributed by atoms with Gasteiger partial charge in [-0.3, -0.25) is 0 Å². The molecule has 0 aromatic heterocycles. The zero-order valence-electron chi connectivity index (χ0n) is 7.31. The van der Waals surface area contributed by atoms with Gasteiger partial charge in [0, 0.05) is 6.42 Å². The van der Waals surface area contributed by atoms with Gasteiger partial charge in [-0.2, -0.15) is 0 Å². The third-order valence-electron chi connectivity index (χ3n) is 1.74. The predicted molar refractivity (Wildman–Crippen MR) is 52.7 cm³/mol. The molecule has 1 rings (SSSR count). The molecule has 0 atom stereocenters. The van der Waals surface area contributed by atoms with E-state index in [4.69, 9.17) is 5.90 Å². The van der Waals surface area contributed by atoms with E-state index >= 15 is 0 Å². The number of benzene rings is 1. The van der Waals surface area contributed by atoms with E-state index in [-0.39, 0.29) is 5.82 Å². The van der Waals surface area contributed by atoms with E-state index in [0.717, 1.165) is 5.56 Å². The fourth-order valence-corrected chi connectivity index (χ4v) is 1.76. The summed E-state index contributed by atoms with van der Waals surface area (Å²) >= 11 is 3.14. The second-order valence-electron chi connectivity index (χ2n) is 2.84. The van der Waals surface area contributed by atoms with Gasteiger partial charge in [-0.25, -0.2) is 10.3 Å². The molecule has 0 aliphatic rings. The zero-order chi connectivity index (χ0) is 9.84. The summed E-state index contributed by atoms with van der Waals surface area (Å²) < 4.78 is 13.8. The number of hydrogen-bond acceptors (Lipinski definition) is 2. The van der Waals surface area contributed by atoms with Crippen molar-refractivity contribution in [2.45, 2.75) is 13.3 Å². The molecule has 0 fully saturated rings. The summed E-state index contributed by atoms with van der Waals surface area (Å²) in [6.45, 7) is 2.24. The second kappa shape index (κ2) is 4.69. The van der Waals surface area contributed by atoms with Crippen LogP contribution < -0.4 is 5.90 Å². The van der Waals surface area contributed by atoms with Gasteiger partial charge in [0.05, 0.1) is 11.1 Å². The third-order valence-corrected chi connectivity index (χ3v) is 2.31. The lowest BCUT2D eigenvalue weighted by Gasteiger charge is -2.05. The van der Waals surface area contributed by atoms with Gasteiger partial charge in [-0.15, -0.1) is 0 Å². The lowest BCUT2D eigenvalue weighted by molar-refractivity contribution is 0.140. The Bertz CT molecular complexity index is 304. The molecule has 0 bridgehead atoms. The monoisotopic (exact) mass is 247 g/mol. The van der Waals surface area contributed by atoms with Gasteiger partial charge in [0.1, 0.15) is 5.82 Å². The summed E-state index contributed by atoms with van der Waals surface area (Å²) in [5.74, 6) is 4.63. The molecule has 2 nitrogen and oxygen atoms in total. The molecule has 0 aliphatic heterocycles. The molecule has 1 aromatic carbocycles. The highest BCUT2D eigenvalue weighted by molar-refractivity contribution is 9.10. The summed E-state index contributed by atoms with van der Waals surface area (Å²) in [6, 6.07) is 3.53. The van der Waals surface area contributed by atoms with Crippen LogP contribution in [0.3, 0.4) is 0 Å². The minimum absolute atomic E-state index is 0.234. The largest absolute Gasteiger partial charge is 0.304 e. The fourth-order valence-electron chi connectivity index (χ4n) is 1.15. The number of rotatable bonds is 3. The van der Waals surface area contributed by atoms with Crippen LogP contribution in [0.4, 0.5) is 4.39 Å². The van der Waals surface area contributed by atoms with Crippen LogP contribution in [-0.4, -0.2) is 6.61 Å². The molecule has 1 aromatic rings. The Labute approximate surface area is 85.0 Å². The average Bonchev–Trinajstić information content (AvgIpc) is 2.09. The van der Waals surface area contributed by atoms with Crippen molar-refractivity contribution in [1.82, 2.24) is 0 Å². The number of hydrogen-bond donors (Lipinski definition) is 1. The molecule has 0 saturated carbocycles. The Balaban J connectivity index is 2.92. The van der Waals surface area contributed by atoms with Crippen LogP contribution in [0.1, 0.15) is 11.1 Å². The van der Waals surface area contributed by atoms with Crippen LogP contribution in [0.2, 0.25) is 0 Å². The fraction of sp³-hybridized carbons (Fsp3) is 0.333. The summed E-state index contributed by atoms with van der Waals surface area (Å²) in [5, 5.41) is 0. The first-order valence-electron chi connectivity index (χ1n) is 3.91. The average molecular weight is 248 g/mol. The van der Waals surface area contributed by atoms with E-state index < -0.39 is 0 Å². The number of aryl methyl sites for hydroxylation is 1. The van der Waals surface area contributed by atoms with E-state index in [1.54, 1.807) is 12.1 Å². The minimum atomic E-state index is -0.234. The SMILES string of the molecule is Cc1cc(Br)c(F)c(CCON)c1. The standard InChI is InChI=1S/C9H11BrFNO/c1-6-4-7(2-3-13-12)9(11)8(10)5-6/h4-5H,2-3,12H2,1H3. The van der Waals surface area contributed by atoms with E-state index in [9.17, 15) is 4.39 Å². The Hall–Kier alpha value is -0.450. The Kier molecular flexibility index (Phi) is 3.84. The molecule has 0 spiro atoms. The first-order valence-corrected chi connectivity index (χ1v) is 4.70. The van der Waals surface area contributed by atoms with E-state index in [2.05, 4.69) is 20.8 Å². The lowest BCUT2D eigenvalue weighted by atomic mass is 10.1. The molecule has 0 saturated heterocycles. The molecule has 4 heteroatoms. The smallest absolute Gasteiger partial charge is 0.140 e. The molecule has 0 unspecified atom stereocenters. The summed E-state index contributed by atoms with van der Waals surface area (Å²) in [6.07, 6.45) is 0.489. The van der Waals surface area contributed by atoms with Gasteiger partial charge in [-0.1, -0.05) is 6.07 Å². The maximum atomic E-state index is 13.4. The van der Waals surface area contributed by atoms with Crippen LogP contribution in [0, 0.1) is 12.7 Å². The van der Waals surface area contributed by atoms with E-state index in [0.29, 0.717) is 23.1 Å². The highest BCUT2D eigenvalue weighted by atomic mass is 79.9. The van der Waals surface area contributed by atoms with Crippen LogP contribution in [0.25, 0.3) is 0 Å². The van der Waals surface area contributed by atoms with Gasteiger partial charge in [0.2, 0.25) is 0 Å². The Morgan fingerprint density at radius 3 is 2.85 bits per heavy atom. The van der Waals surface area contributed by atoms with Gasteiger partial charge < -0.3 is 4.84 Å². The van der Waals surface area contributed by atoms with Crippen LogP contribution in [-0.2, 0) is 11.3 Å². The number of nitrogens with two attached hydrogens (primary N) is 1. The van der Waals surface area contributed by atoms with E-state index in [1.807, 2.05) is 6.92 Å². The molecule has 13 heavy (non-hydrogen) atoms. The molecule has 0 aliphatic carbocycles. The predicted octanol–water partition coefficient (Wildman–Crippen LogP) is 2.33. The van der Waals surface area contributed by atoms with Gasteiger partial charge >= 0.3 is 0 Å². The topological polar surface area (TPSA) is 35.2 Å². The van der Waals surface area contributed by atoms with Gasteiger partial charge in [-0.05, 0) is 40.0 Å². The minimum Gasteiger partial charge on any atom is -0.304 e. The van der Waals surface area contributed by atoms with Gasteiger partial charge in [0.25, 0.3) is 0 Å². The Morgan fingerprint density at radius 2 is 2.23 bits per heavy atom. The summed E-state index contributed by atoms with van der Waals surface area (Å²) in [7, 11) is 0. The van der Waals surface area contributed by atoms with Crippen molar-refractivity contribution >= 4 is 15.9 Å². The van der Waals surface area contributed by atoms with Crippen LogP contribution in [0.5, 0.6) is 0 Å². The summed E-state index contributed by atoms with van der Waals surface area (Å²) in [5.41, 5.74) is 1.64. The normalized spacial score (nSPS) is 10.5. The highest BCUT2D eigenvalue weighted by Crippen LogP contribution is 2.21. The van der Waals surface area contributed by atoms with Crippen LogP contribution in [0.15, 0.2) is 16.6 Å². The molecule has 0 radical (unpaired) electrons. The first-order chi connectivity index (χ1) is 6.15. The molecule has 2 N–H and O–H groups in total. The third kappa shape index (κ3) is 2.76. The second-order valence-corrected chi connectivity index (χ2v) is 3.69.